The molecule has 5 rings (SSSR count). The zero-order valence-corrected chi connectivity index (χ0v) is 26.4. The van der Waals surface area contributed by atoms with E-state index in [-0.39, 0.29) is 11.5 Å². The minimum absolute atomic E-state index is 0.156. The van der Waals surface area contributed by atoms with Gasteiger partial charge in [0.05, 0.1) is 27.4 Å². The number of rotatable bonds is 8. The molecule has 1 amide bonds. The maximum absolute atomic E-state index is 14.0. The predicted molar refractivity (Wildman–Crippen MR) is 162 cm³/mol. The highest BCUT2D eigenvalue weighted by Gasteiger charge is 2.35. The molecule has 9 nitrogen and oxygen atoms in total. The van der Waals surface area contributed by atoms with Gasteiger partial charge in [0.25, 0.3) is 11.5 Å². The highest BCUT2D eigenvalue weighted by molar-refractivity contribution is 9.10. The fourth-order valence-corrected chi connectivity index (χ4v) is 7.00. The Morgan fingerprint density at radius 1 is 1.24 bits per heavy atom. The molecule has 0 fully saturated rings. The van der Waals surface area contributed by atoms with Crippen molar-refractivity contribution in [3.63, 3.8) is 0 Å². The summed E-state index contributed by atoms with van der Waals surface area (Å²) >= 11 is 6.08. The van der Waals surface area contributed by atoms with E-state index in [2.05, 4.69) is 25.9 Å². The van der Waals surface area contributed by atoms with Gasteiger partial charge in [0.15, 0.2) is 15.1 Å². The van der Waals surface area contributed by atoms with Crippen LogP contribution < -0.4 is 19.6 Å². The Morgan fingerprint density at radius 3 is 2.71 bits per heavy atom. The van der Waals surface area contributed by atoms with Crippen molar-refractivity contribution in [2.75, 3.05) is 20.2 Å². The first kappa shape index (κ1) is 29.0. The number of amides is 1. The van der Waals surface area contributed by atoms with Crippen molar-refractivity contribution < 1.29 is 13.9 Å². The van der Waals surface area contributed by atoms with E-state index in [1.165, 1.54) is 23.1 Å². The first-order valence-electron chi connectivity index (χ1n) is 13.0. The van der Waals surface area contributed by atoms with Gasteiger partial charge in [0.1, 0.15) is 17.6 Å². The number of carbonyl (C=O) groups is 1. The molecule has 212 valence electrons. The molecule has 1 aliphatic heterocycles. The SMILES string of the molecule is CCN(CC)C(=O)C1=C(C)N=c2s/c(=C\c3cc(Br)c(Sc4nccc(C)n4)o3)c(=O)n2[C@H]1c1ccccc1OC. The molecule has 0 aliphatic carbocycles. The fraction of sp³-hybridized carbons (Fsp3) is 0.276. The summed E-state index contributed by atoms with van der Waals surface area (Å²) in [6.45, 7) is 8.66. The molecule has 4 aromatic rings. The number of allylic oxidation sites excluding steroid dienone is 1. The van der Waals surface area contributed by atoms with Gasteiger partial charge in [0.2, 0.25) is 0 Å². The van der Waals surface area contributed by atoms with Crippen molar-refractivity contribution in [1.29, 1.82) is 0 Å². The van der Waals surface area contributed by atoms with Crippen LogP contribution in [0.2, 0.25) is 0 Å². The molecular formula is C29H28BrN5O4S2. The first-order chi connectivity index (χ1) is 19.7. The number of aromatic nitrogens is 3. The Bertz CT molecular complexity index is 1840. The highest BCUT2D eigenvalue weighted by Crippen LogP contribution is 2.37. The van der Waals surface area contributed by atoms with Gasteiger partial charge in [0, 0.05) is 36.6 Å². The number of fused-ring (bicyclic) bond motifs is 1. The number of hydrogen-bond acceptors (Lipinski definition) is 9. The maximum Gasteiger partial charge on any atom is 0.271 e. The Kier molecular flexibility index (Phi) is 8.62. The van der Waals surface area contributed by atoms with Crippen molar-refractivity contribution in [2.24, 2.45) is 4.99 Å². The van der Waals surface area contributed by atoms with Crippen molar-refractivity contribution in [3.8, 4) is 5.75 Å². The third-order valence-electron chi connectivity index (χ3n) is 6.64. The van der Waals surface area contributed by atoms with Gasteiger partial charge in [-0.25, -0.2) is 15.0 Å². The molecule has 0 spiro atoms. The van der Waals surface area contributed by atoms with Crippen molar-refractivity contribution in [2.45, 2.75) is 44.0 Å². The number of benzene rings is 1. The molecule has 41 heavy (non-hydrogen) atoms. The van der Waals surface area contributed by atoms with Gasteiger partial charge >= 0.3 is 0 Å². The molecule has 12 heteroatoms. The number of carbonyl (C=O) groups excluding carboxylic acids is 1. The van der Waals surface area contributed by atoms with E-state index in [9.17, 15) is 9.59 Å². The van der Waals surface area contributed by atoms with Gasteiger partial charge in [-0.15, -0.1) is 0 Å². The monoisotopic (exact) mass is 653 g/mol. The number of nitrogens with zero attached hydrogens (tertiary/aromatic N) is 5. The quantitative estimate of drug-likeness (QED) is 0.254. The molecule has 1 aromatic carbocycles. The third-order valence-corrected chi connectivity index (χ3v) is 9.34. The van der Waals surface area contributed by atoms with Crippen LogP contribution in [0.5, 0.6) is 5.75 Å². The van der Waals surface area contributed by atoms with Gasteiger partial charge in [-0.1, -0.05) is 29.5 Å². The van der Waals surface area contributed by atoms with Crippen LogP contribution in [0.25, 0.3) is 6.08 Å². The molecule has 0 bridgehead atoms. The lowest BCUT2D eigenvalue weighted by atomic mass is 9.94. The fourth-order valence-electron chi connectivity index (χ4n) is 4.66. The number of methoxy groups -OCH3 is 1. The number of likely N-dealkylation sites (N-methyl/N-ethyl adjacent to an activating group) is 1. The van der Waals surface area contributed by atoms with Gasteiger partial charge < -0.3 is 14.1 Å². The lowest BCUT2D eigenvalue weighted by Crippen LogP contribution is -2.43. The summed E-state index contributed by atoms with van der Waals surface area (Å²) < 4.78 is 14.5. The second-order valence-electron chi connectivity index (χ2n) is 9.17. The molecule has 3 aromatic heterocycles. The van der Waals surface area contributed by atoms with Crippen molar-refractivity contribution in [3.05, 3.63) is 95.0 Å². The summed E-state index contributed by atoms with van der Waals surface area (Å²) in [6, 6.07) is 10.4. The molecule has 0 radical (unpaired) electrons. The Hall–Kier alpha value is -3.48. The lowest BCUT2D eigenvalue weighted by molar-refractivity contribution is -0.127. The second kappa shape index (κ2) is 12.2. The van der Waals surface area contributed by atoms with E-state index >= 15 is 0 Å². The predicted octanol–water partition coefficient (Wildman–Crippen LogP) is 4.72. The zero-order valence-electron chi connectivity index (χ0n) is 23.2. The number of hydrogen-bond donors (Lipinski definition) is 0. The van der Waals surface area contributed by atoms with Gasteiger partial charge in [-0.05, 0) is 73.6 Å². The zero-order chi connectivity index (χ0) is 29.3. The van der Waals surface area contributed by atoms with E-state index < -0.39 is 6.04 Å². The Balaban J connectivity index is 1.64. The van der Waals surface area contributed by atoms with Gasteiger partial charge in [-0.3, -0.25) is 14.2 Å². The number of thiazole rings is 1. The van der Waals surface area contributed by atoms with Crippen molar-refractivity contribution in [1.82, 2.24) is 19.4 Å². The lowest BCUT2D eigenvalue weighted by Gasteiger charge is -2.29. The van der Waals surface area contributed by atoms with Crippen LogP contribution in [-0.4, -0.2) is 45.5 Å². The van der Waals surface area contributed by atoms with E-state index in [0.29, 0.717) is 61.0 Å². The molecule has 1 atom stereocenters. The van der Waals surface area contributed by atoms with E-state index in [1.54, 1.807) is 34.9 Å². The third kappa shape index (κ3) is 5.68. The minimum atomic E-state index is -0.703. The molecule has 0 N–H and O–H groups in total. The maximum atomic E-state index is 14.0. The summed E-state index contributed by atoms with van der Waals surface area (Å²) in [5.74, 6) is 0.916. The van der Waals surface area contributed by atoms with Crippen LogP contribution in [0.15, 0.2) is 82.8 Å². The molecule has 4 heterocycles. The molecular weight excluding hydrogens is 626 g/mol. The normalized spacial score (nSPS) is 15.1. The van der Waals surface area contributed by atoms with Crippen LogP contribution in [0.4, 0.5) is 0 Å². The molecule has 0 unspecified atom stereocenters. The van der Waals surface area contributed by atoms with Crippen LogP contribution >= 0.6 is 39.0 Å². The number of halogens is 1. The van der Waals surface area contributed by atoms with Crippen LogP contribution in [-0.2, 0) is 4.79 Å². The number of aryl methyl sites for hydroxylation is 1. The number of furan rings is 1. The van der Waals surface area contributed by atoms with Crippen LogP contribution in [0, 0.1) is 6.92 Å². The van der Waals surface area contributed by atoms with E-state index in [1.807, 2.05) is 58.0 Å². The number of ether oxygens (including phenoxy) is 1. The topological polar surface area (TPSA) is 103 Å². The second-order valence-corrected chi connectivity index (χ2v) is 12.0. The smallest absolute Gasteiger partial charge is 0.271 e. The standard InChI is InChI=1S/C29H28BrN5O4S2/c1-6-34(7-2)26(37)23-17(4)33-29-35(24(23)19-10-8-9-11-21(19)38-5)25(36)22(40-29)15-18-14-20(30)27(39-18)41-28-31-13-12-16(3)32-28/h8-15,24H,6-7H2,1-5H3/b22-15-/t24-/m0/s1. The first-order valence-corrected chi connectivity index (χ1v) is 15.4. The van der Waals surface area contributed by atoms with Crippen LogP contribution in [0.1, 0.15) is 43.8 Å². The molecule has 0 saturated heterocycles. The minimum Gasteiger partial charge on any atom is -0.496 e. The van der Waals surface area contributed by atoms with E-state index in [0.717, 1.165) is 10.2 Å². The van der Waals surface area contributed by atoms with Crippen LogP contribution in [0.3, 0.4) is 0 Å². The Morgan fingerprint density at radius 2 is 2.00 bits per heavy atom. The van der Waals surface area contributed by atoms with Crippen molar-refractivity contribution >= 4 is 51.0 Å². The highest BCUT2D eigenvalue weighted by atomic mass is 79.9. The average molecular weight is 655 g/mol. The summed E-state index contributed by atoms with van der Waals surface area (Å²) in [7, 11) is 1.58. The van der Waals surface area contributed by atoms with E-state index in [4.69, 9.17) is 14.1 Å². The van der Waals surface area contributed by atoms with Gasteiger partial charge in [-0.2, -0.15) is 0 Å². The molecule has 0 saturated carbocycles. The molecule has 1 aliphatic rings. The Labute approximate surface area is 253 Å². The summed E-state index contributed by atoms with van der Waals surface area (Å²) in [5, 5.41) is 1.13. The largest absolute Gasteiger partial charge is 0.496 e. The average Bonchev–Trinajstić information content (AvgIpc) is 3.45. The number of para-hydroxylation sites is 1. The summed E-state index contributed by atoms with van der Waals surface area (Å²) in [5.41, 5.74) is 2.32. The summed E-state index contributed by atoms with van der Waals surface area (Å²) in [6.07, 6.45) is 3.39. The summed E-state index contributed by atoms with van der Waals surface area (Å²) in [4.78, 5) is 43.5.